The molecule has 1 aliphatic heterocycles. The molecule has 0 saturated carbocycles. The summed E-state index contributed by atoms with van der Waals surface area (Å²) < 4.78 is 5.36. The second-order valence-electron chi connectivity index (χ2n) is 5.93. The predicted octanol–water partition coefficient (Wildman–Crippen LogP) is 3.94. The SMILES string of the molecule is COc1ccccc1CC(=O)N1CCSC(c2ccccc2)CC1. The molecule has 1 atom stereocenters. The van der Waals surface area contributed by atoms with Gasteiger partial charge in [-0.05, 0) is 18.1 Å². The normalized spacial score (nSPS) is 18.0. The number of ether oxygens (including phenoxy) is 1. The second kappa shape index (κ2) is 8.25. The van der Waals surface area contributed by atoms with Crippen LogP contribution in [0.4, 0.5) is 0 Å². The van der Waals surface area contributed by atoms with Crippen LogP contribution in [-0.2, 0) is 11.2 Å². The molecule has 0 spiro atoms. The van der Waals surface area contributed by atoms with Gasteiger partial charge >= 0.3 is 0 Å². The van der Waals surface area contributed by atoms with Gasteiger partial charge in [0.05, 0.1) is 13.5 Å². The van der Waals surface area contributed by atoms with Crippen LogP contribution < -0.4 is 4.74 Å². The molecule has 4 heteroatoms. The number of hydrogen-bond donors (Lipinski definition) is 0. The Balaban J connectivity index is 1.62. The van der Waals surface area contributed by atoms with Gasteiger partial charge in [-0.15, -0.1) is 0 Å². The summed E-state index contributed by atoms with van der Waals surface area (Å²) in [5.74, 6) is 1.96. The maximum absolute atomic E-state index is 12.7. The van der Waals surface area contributed by atoms with E-state index in [1.54, 1.807) is 7.11 Å². The lowest BCUT2D eigenvalue weighted by Crippen LogP contribution is -2.34. The molecule has 2 aromatic rings. The first kappa shape index (κ1) is 16.9. The first-order valence-corrected chi connectivity index (χ1v) is 9.39. The van der Waals surface area contributed by atoms with Gasteiger partial charge in [-0.2, -0.15) is 11.8 Å². The van der Waals surface area contributed by atoms with Crippen molar-refractivity contribution < 1.29 is 9.53 Å². The van der Waals surface area contributed by atoms with Crippen molar-refractivity contribution in [1.29, 1.82) is 0 Å². The first-order valence-electron chi connectivity index (χ1n) is 8.34. The number of benzene rings is 2. The molecular weight excluding hydrogens is 318 g/mol. The van der Waals surface area contributed by atoms with Crippen molar-refractivity contribution in [3.8, 4) is 5.75 Å². The molecule has 2 aromatic carbocycles. The van der Waals surface area contributed by atoms with Crippen LogP contribution in [0.15, 0.2) is 54.6 Å². The van der Waals surface area contributed by atoms with Crippen LogP contribution in [0, 0.1) is 0 Å². The van der Waals surface area contributed by atoms with Crippen LogP contribution in [-0.4, -0.2) is 36.8 Å². The van der Waals surface area contributed by atoms with Crippen molar-refractivity contribution in [2.45, 2.75) is 18.1 Å². The molecule has 0 aromatic heterocycles. The van der Waals surface area contributed by atoms with Crippen molar-refractivity contribution in [2.24, 2.45) is 0 Å². The van der Waals surface area contributed by atoms with Crippen molar-refractivity contribution in [3.63, 3.8) is 0 Å². The number of rotatable bonds is 4. The summed E-state index contributed by atoms with van der Waals surface area (Å²) in [6, 6.07) is 18.4. The maximum Gasteiger partial charge on any atom is 0.227 e. The summed E-state index contributed by atoms with van der Waals surface area (Å²) in [7, 11) is 1.65. The summed E-state index contributed by atoms with van der Waals surface area (Å²) in [5, 5.41) is 0.482. The van der Waals surface area contributed by atoms with Crippen LogP contribution in [0.2, 0.25) is 0 Å². The maximum atomic E-state index is 12.7. The molecule has 1 fully saturated rings. The highest BCUT2D eigenvalue weighted by Crippen LogP contribution is 2.34. The third-order valence-corrected chi connectivity index (χ3v) is 5.73. The number of thioether (sulfide) groups is 1. The summed E-state index contributed by atoms with van der Waals surface area (Å²) >= 11 is 1.95. The van der Waals surface area contributed by atoms with Crippen LogP contribution in [0.25, 0.3) is 0 Å². The minimum Gasteiger partial charge on any atom is -0.496 e. The van der Waals surface area contributed by atoms with Crippen LogP contribution in [0.3, 0.4) is 0 Å². The van der Waals surface area contributed by atoms with E-state index in [4.69, 9.17) is 4.74 Å². The summed E-state index contributed by atoms with van der Waals surface area (Å²) in [4.78, 5) is 14.7. The van der Waals surface area contributed by atoms with E-state index in [9.17, 15) is 4.79 Å². The molecule has 1 heterocycles. The van der Waals surface area contributed by atoms with Crippen LogP contribution >= 0.6 is 11.8 Å². The monoisotopic (exact) mass is 341 g/mol. The summed E-state index contributed by atoms with van der Waals surface area (Å²) in [6.45, 7) is 1.64. The first-order chi connectivity index (χ1) is 11.8. The molecule has 0 aliphatic carbocycles. The van der Waals surface area contributed by atoms with Gasteiger partial charge in [-0.3, -0.25) is 4.79 Å². The van der Waals surface area contributed by atoms with E-state index in [1.807, 2.05) is 47.0 Å². The van der Waals surface area contributed by atoms with Gasteiger partial charge in [0.25, 0.3) is 0 Å². The fourth-order valence-electron chi connectivity index (χ4n) is 3.08. The average Bonchev–Trinajstić information content (AvgIpc) is 2.89. The topological polar surface area (TPSA) is 29.5 Å². The lowest BCUT2D eigenvalue weighted by molar-refractivity contribution is -0.130. The van der Waals surface area contributed by atoms with Crippen molar-refractivity contribution >= 4 is 17.7 Å². The third-order valence-electron chi connectivity index (χ3n) is 4.40. The van der Waals surface area contributed by atoms with Gasteiger partial charge in [0.15, 0.2) is 0 Å². The zero-order valence-electron chi connectivity index (χ0n) is 14.0. The molecule has 1 amide bonds. The molecule has 126 valence electrons. The molecule has 1 unspecified atom stereocenters. The van der Waals surface area contributed by atoms with Gasteiger partial charge in [0.1, 0.15) is 5.75 Å². The van der Waals surface area contributed by atoms with E-state index in [-0.39, 0.29) is 5.91 Å². The molecule has 0 N–H and O–H groups in total. The van der Waals surface area contributed by atoms with E-state index in [1.165, 1.54) is 5.56 Å². The summed E-state index contributed by atoms with van der Waals surface area (Å²) in [6.07, 6.45) is 1.41. The smallest absolute Gasteiger partial charge is 0.227 e. The van der Waals surface area contributed by atoms with E-state index >= 15 is 0 Å². The number of hydrogen-bond acceptors (Lipinski definition) is 3. The zero-order valence-corrected chi connectivity index (χ0v) is 14.8. The minimum absolute atomic E-state index is 0.189. The zero-order chi connectivity index (χ0) is 16.8. The highest BCUT2D eigenvalue weighted by Gasteiger charge is 2.22. The summed E-state index contributed by atoms with van der Waals surface area (Å²) in [5.41, 5.74) is 2.32. The second-order valence-corrected chi connectivity index (χ2v) is 7.24. The Labute approximate surface area is 148 Å². The van der Waals surface area contributed by atoms with Crippen molar-refractivity contribution in [2.75, 3.05) is 26.0 Å². The Morgan fingerprint density at radius 1 is 1.12 bits per heavy atom. The number of carbonyl (C=O) groups excluding carboxylic acids is 1. The number of methoxy groups -OCH3 is 1. The molecule has 0 radical (unpaired) electrons. The lowest BCUT2D eigenvalue weighted by atomic mass is 10.1. The number of carbonyl (C=O) groups is 1. The van der Waals surface area contributed by atoms with Gasteiger partial charge in [0, 0.05) is 29.7 Å². The molecular formula is C20H23NO2S. The highest BCUT2D eigenvalue weighted by molar-refractivity contribution is 7.99. The Morgan fingerprint density at radius 2 is 1.88 bits per heavy atom. The molecule has 0 bridgehead atoms. The number of amides is 1. The van der Waals surface area contributed by atoms with Gasteiger partial charge in [0.2, 0.25) is 5.91 Å². The molecule has 1 aliphatic rings. The number of nitrogens with zero attached hydrogens (tertiary/aromatic N) is 1. The highest BCUT2D eigenvalue weighted by atomic mass is 32.2. The lowest BCUT2D eigenvalue weighted by Gasteiger charge is -2.21. The van der Waals surface area contributed by atoms with Gasteiger partial charge in [-0.1, -0.05) is 48.5 Å². The average molecular weight is 341 g/mol. The molecule has 3 rings (SSSR count). The minimum atomic E-state index is 0.189. The van der Waals surface area contributed by atoms with Gasteiger partial charge in [-0.25, -0.2) is 0 Å². The Hall–Kier alpha value is -1.94. The van der Waals surface area contributed by atoms with Crippen molar-refractivity contribution in [1.82, 2.24) is 4.90 Å². The fourth-order valence-corrected chi connectivity index (χ4v) is 4.31. The van der Waals surface area contributed by atoms with Crippen LogP contribution in [0.1, 0.15) is 22.8 Å². The van der Waals surface area contributed by atoms with E-state index < -0.39 is 0 Å². The third kappa shape index (κ3) is 4.12. The fraction of sp³-hybridized carbons (Fsp3) is 0.350. The van der Waals surface area contributed by atoms with E-state index in [0.717, 1.165) is 36.6 Å². The quantitative estimate of drug-likeness (QED) is 0.843. The predicted molar refractivity (Wildman–Crippen MR) is 99.5 cm³/mol. The van der Waals surface area contributed by atoms with Crippen LogP contribution in [0.5, 0.6) is 5.75 Å². The van der Waals surface area contributed by atoms with Crippen molar-refractivity contribution in [3.05, 3.63) is 65.7 Å². The van der Waals surface area contributed by atoms with Gasteiger partial charge < -0.3 is 9.64 Å². The van der Waals surface area contributed by atoms with E-state index in [0.29, 0.717) is 11.7 Å². The molecule has 1 saturated heterocycles. The number of para-hydroxylation sites is 1. The Kier molecular flexibility index (Phi) is 5.81. The van der Waals surface area contributed by atoms with E-state index in [2.05, 4.69) is 24.3 Å². The largest absolute Gasteiger partial charge is 0.496 e. The molecule has 3 nitrogen and oxygen atoms in total. The Bertz CT molecular complexity index is 674. The standard InChI is InChI=1S/C20H23NO2S/c1-23-18-10-6-5-9-17(18)15-20(22)21-12-11-19(24-14-13-21)16-7-3-2-4-8-16/h2-10,19H,11-15H2,1H3. The molecule has 24 heavy (non-hydrogen) atoms. The Morgan fingerprint density at radius 3 is 2.67 bits per heavy atom.